The van der Waals surface area contributed by atoms with E-state index in [1.165, 1.54) is 31.3 Å². The molecule has 0 bridgehead atoms. The van der Waals surface area contributed by atoms with Crippen molar-refractivity contribution in [1.82, 2.24) is 4.98 Å². The Morgan fingerprint density at radius 1 is 1.22 bits per heavy atom. The molecule has 8 nitrogen and oxygen atoms in total. The van der Waals surface area contributed by atoms with Crippen LogP contribution < -0.4 is 19.3 Å². The van der Waals surface area contributed by atoms with Crippen molar-refractivity contribution in [2.75, 3.05) is 43.7 Å². The number of benzene rings is 1. The van der Waals surface area contributed by atoms with E-state index in [4.69, 9.17) is 25.8 Å². The van der Waals surface area contributed by atoms with Crippen molar-refractivity contribution < 1.29 is 32.9 Å². The van der Waals surface area contributed by atoms with Crippen molar-refractivity contribution in [3.8, 4) is 11.6 Å². The number of piperidine rings is 1. The lowest BCUT2D eigenvalue weighted by Gasteiger charge is -2.38. The van der Waals surface area contributed by atoms with Gasteiger partial charge in [0.05, 0.1) is 36.5 Å². The Morgan fingerprint density at radius 2 is 1.94 bits per heavy atom. The standard InChI is InChI=1S/C25H30ClF2N3O5/c1-14-12-30(21-10-23(35-3)29-11-18(21)26)5-4-22(14)36-16-8-19(27)25(20(28)9-16)31-13-17(34-2)6-15(31)7-24(32)33/h8-11,14-15,17,22H,4-7,12-13H2,1-3H3,(H,32,33). The van der Waals surface area contributed by atoms with Gasteiger partial charge in [0.1, 0.15) is 17.5 Å². The second kappa shape index (κ2) is 11.0. The highest BCUT2D eigenvalue weighted by atomic mass is 35.5. The summed E-state index contributed by atoms with van der Waals surface area (Å²) in [5.74, 6) is -2.02. The Bertz CT molecular complexity index is 1080. The average Bonchev–Trinajstić information content (AvgIpc) is 3.22. The molecule has 1 aromatic heterocycles. The van der Waals surface area contributed by atoms with Crippen LogP contribution >= 0.6 is 11.6 Å². The van der Waals surface area contributed by atoms with Gasteiger partial charge in [-0.05, 0) is 6.42 Å². The molecule has 4 rings (SSSR count). The molecule has 1 N–H and O–H groups in total. The summed E-state index contributed by atoms with van der Waals surface area (Å²) >= 11 is 6.34. The van der Waals surface area contributed by atoms with E-state index >= 15 is 8.78 Å². The number of aromatic nitrogens is 1. The van der Waals surface area contributed by atoms with Gasteiger partial charge in [-0.3, -0.25) is 4.79 Å². The van der Waals surface area contributed by atoms with Gasteiger partial charge >= 0.3 is 5.97 Å². The summed E-state index contributed by atoms with van der Waals surface area (Å²) in [5.41, 5.74) is 0.559. The van der Waals surface area contributed by atoms with Crippen LogP contribution in [0.25, 0.3) is 0 Å². The average molecular weight is 526 g/mol. The van der Waals surface area contributed by atoms with E-state index in [9.17, 15) is 9.90 Å². The van der Waals surface area contributed by atoms with Crippen LogP contribution in [0, 0.1) is 17.6 Å². The van der Waals surface area contributed by atoms with Gasteiger partial charge in [-0.2, -0.15) is 0 Å². The molecule has 0 aliphatic carbocycles. The summed E-state index contributed by atoms with van der Waals surface area (Å²) in [6, 6.07) is 3.55. The molecule has 0 amide bonds. The fourth-order valence-corrected chi connectivity index (χ4v) is 5.28. The Balaban J connectivity index is 1.47. The number of pyridine rings is 1. The molecule has 3 heterocycles. The van der Waals surface area contributed by atoms with Gasteiger partial charge in [-0.15, -0.1) is 0 Å². The summed E-state index contributed by atoms with van der Waals surface area (Å²) in [7, 11) is 3.04. The fourth-order valence-electron chi connectivity index (χ4n) is 5.05. The monoisotopic (exact) mass is 525 g/mol. The summed E-state index contributed by atoms with van der Waals surface area (Å²) < 4.78 is 46.9. The number of aliphatic carboxylic acids is 1. The molecule has 196 valence electrons. The number of hydrogen-bond donors (Lipinski definition) is 1. The predicted octanol–water partition coefficient (Wildman–Crippen LogP) is 4.38. The highest BCUT2D eigenvalue weighted by Crippen LogP contribution is 2.37. The molecular weight excluding hydrogens is 496 g/mol. The first-order chi connectivity index (χ1) is 17.2. The van der Waals surface area contributed by atoms with Crippen molar-refractivity contribution in [2.45, 2.75) is 44.4 Å². The van der Waals surface area contributed by atoms with Crippen LogP contribution in [0.5, 0.6) is 11.6 Å². The first-order valence-electron chi connectivity index (χ1n) is 11.8. The topological polar surface area (TPSA) is 84.4 Å². The molecule has 0 radical (unpaired) electrons. The molecular formula is C25H30ClF2N3O5. The summed E-state index contributed by atoms with van der Waals surface area (Å²) in [4.78, 5) is 18.9. The molecule has 2 fully saturated rings. The summed E-state index contributed by atoms with van der Waals surface area (Å²) in [5, 5.41) is 9.74. The summed E-state index contributed by atoms with van der Waals surface area (Å²) in [6.45, 7) is 3.48. The minimum atomic E-state index is -1.03. The predicted molar refractivity (Wildman–Crippen MR) is 131 cm³/mol. The number of nitrogens with zero attached hydrogens (tertiary/aromatic N) is 3. The quantitative estimate of drug-likeness (QED) is 0.543. The minimum absolute atomic E-state index is 0.0424. The number of anilines is 2. The zero-order chi connectivity index (χ0) is 26.0. The molecule has 0 saturated carbocycles. The van der Waals surface area contributed by atoms with E-state index in [1.54, 1.807) is 12.3 Å². The van der Waals surface area contributed by atoms with E-state index < -0.39 is 23.6 Å². The SMILES string of the molecule is COc1cc(N2CCC(Oc3cc(F)c(N4CC(OC)CC4CC(=O)O)c(F)c3)C(C)C2)c(Cl)cn1. The van der Waals surface area contributed by atoms with Crippen molar-refractivity contribution >= 4 is 28.9 Å². The van der Waals surface area contributed by atoms with E-state index in [2.05, 4.69) is 9.88 Å². The van der Waals surface area contributed by atoms with E-state index in [0.717, 1.165) is 5.69 Å². The van der Waals surface area contributed by atoms with E-state index in [1.807, 2.05) is 6.92 Å². The number of carboxylic acid groups (broad SMARTS) is 1. The Morgan fingerprint density at radius 3 is 2.56 bits per heavy atom. The zero-order valence-electron chi connectivity index (χ0n) is 20.4. The number of carbonyl (C=O) groups is 1. The molecule has 0 spiro atoms. The smallest absolute Gasteiger partial charge is 0.305 e. The lowest BCUT2D eigenvalue weighted by Crippen LogP contribution is -2.44. The van der Waals surface area contributed by atoms with E-state index in [0.29, 0.717) is 36.8 Å². The van der Waals surface area contributed by atoms with Crippen LogP contribution in [-0.2, 0) is 9.53 Å². The van der Waals surface area contributed by atoms with Gasteiger partial charge in [0.2, 0.25) is 5.88 Å². The van der Waals surface area contributed by atoms with Crippen LogP contribution in [0.4, 0.5) is 20.2 Å². The number of rotatable bonds is 8. The first-order valence-corrected chi connectivity index (χ1v) is 12.2. The number of methoxy groups -OCH3 is 2. The van der Waals surface area contributed by atoms with Crippen molar-refractivity contribution in [3.05, 3.63) is 41.1 Å². The lowest BCUT2D eigenvalue weighted by molar-refractivity contribution is -0.137. The number of ether oxygens (including phenoxy) is 3. The molecule has 4 atom stereocenters. The van der Waals surface area contributed by atoms with Gasteiger partial charge in [-0.25, -0.2) is 13.8 Å². The molecule has 2 saturated heterocycles. The highest BCUT2D eigenvalue weighted by Gasteiger charge is 2.37. The molecule has 11 heteroatoms. The normalized spacial score (nSPS) is 24.2. The summed E-state index contributed by atoms with van der Waals surface area (Å²) in [6.07, 6.45) is 1.76. The second-order valence-electron chi connectivity index (χ2n) is 9.28. The molecule has 2 aliphatic rings. The lowest BCUT2D eigenvalue weighted by atomic mass is 9.96. The molecule has 4 unspecified atom stereocenters. The number of hydrogen-bond acceptors (Lipinski definition) is 7. The van der Waals surface area contributed by atoms with Crippen molar-refractivity contribution in [3.63, 3.8) is 0 Å². The minimum Gasteiger partial charge on any atom is -0.490 e. The van der Waals surface area contributed by atoms with Crippen molar-refractivity contribution in [1.29, 1.82) is 0 Å². The van der Waals surface area contributed by atoms with Crippen LogP contribution in [-0.4, -0.2) is 68.2 Å². The van der Waals surface area contributed by atoms with Crippen LogP contribution in [0.3, 0.4) is 0 Å². The van der Waals surface area contributed by atoms with Crippen LogP contribution in [0.15, 0.2) is 24.4 Å². The largest absolute Gasteiger partial charge is 0.490 e. The van der Waals surface area contributed by atoms with Gasteiger partial charge in [0.25, 0.3) is 0 Å². The third-order valence-corrected chi connectivity index (χ3v) is 7.16. The molecule has 2 aromatic rings. The Hall–Kier alpha value is -2.85. The van der Waals surface area contributed by atoms with Gasteiger partial charge < -0.3 is 29.1 Å². The molecule has 2 aliphatic heterocycles. The Labute approximate surface area is 213 Å². The van der Waals surface area contributed by atoms with Crippen LogP contribution in [0.2, 0.25) is 5.02 Å². The van der Waals surface area contributed by atoms with Crippen LogP contribution in [0.1, 0.15) is 26.2 Å². The van der Waals surface area contributed by atoms with Gasteiger partial charge in [-0.1, -0.05) is 18.5 Å². The first kappa shape index (κ1) is 26.2. The highest BCUT2D eigenvalue weighted by molar-refractivity contribution is 6.33. The third kappa shape index (κ3) is 5.59. The van der Waals surface area contributed by atoms with Gasteiger partial charge in [0.15, 0.2) is 11.6 Å². The fraction of sp³-hybridized carbons (Fsp3) is 0.520. The van der Waals surface area contributed by atoms with Gasteiger partial charge in [0, 0.05) is 63.3 Å². The second-order valence-corrected chi connectivity index (χ2v) is 9.69. The third-order valence-electron chi connectivity index (χ3n) is 6.87. The zero-order valence-corrected chi connectivity index (χ0v) is 21.2. The molecule has 36 heavy (non-hydrogen) atoms. The van der Waals surface area contributed by atoms with Crippen molar-refractivity contribution in [2.24, 2.45) is 5.92 Å². The maximum atomic E-state index is 15.2. The van der Waals surface area contributed by atoms with E-state index in [-0.39, 0.29) is 42.5 Å². The maximum absolute atomic E-state index is 15.2. The molecule has 1 aromatic carbocycles. The number of halogens is 3. The maximum Gasteiger partial charge on any atom is 0.305 e. The number of carboxylic acids is 1. The Kier molecular flexibility index (Phi) is 8.04.